The van der Waals surface area contributed by atoms with E-state index in [0.717, 1.165) is 6.07 Å². The quantitative estimate of drug-likeness (QED) is 0.457. The molecule has 2 aromatic carbocycles. The molecule has 0 heterocycles. The van der Waals surface area contributed by atoms with Gasteiger partial charge in [-0.2, -0.15) is 4.72 Å². The van der Waals surface area contributed by atoms with Crippen LogP contribution in [0.3, 0.4) is 0 Å². The molecule has 0 fully saturated rings. The number of nitrogens with one attached hydrogen (secondary N) is 3. The Bertz CT molecular complexity index is 1050. The molecule has 2 rings (SSSR count). The molecule has 10 heteroatoms. The highest BCUT2D eigenvalue weighted by Crippen LogP contribution is 2.17. The van der Waals surface area contributed by atoms with Crippen molar-refractivity contribution in [2.45, 2.75) is 17.9 Å². The number of amides is 2. The van der Waals surface area contributed by atoms with Gasteiger partial charge in [-0.05, 0) is 37.3 Å². The van der Waals surface area contributed by atoms with Crippen LogP contribution < -0.4 is 20.3 Å². The number of hydrazine groups is 1. The highest BCUT2D eigenvalue weighted by Gasteiger charge is 2.19. The fourth-order valence-electron chi connectivity index (χ4n) is 2.10. The van der Waals surface area contributed by atoms with Gasteiger partial charge < -0.3 is 4.74 Å². The van der Waals surface area contributed by atoms with Crippen LogP contribution in [0.15, 0.2) is 53.4 Å². The Labute approximate surface area is 167 Å². The summed E-state index contributed by atoms with van der Waals surface area (Å²) in [4.78, 5) is 24.1. The maximum Gasteiger partial charge on any atom is 0.279 e. The van der Waals surface area contributed by atoms with Gasteiger partial charge in [0.05, 0.1) is 11.4 Å². The number of carbonyl (C=O) groups is 2. The normalized spacial score (nSPS) is 11.8. The largest absolute Gasteiger partial charge is 0.478 e. The Balaban J connectivity index is 1.98. The molecule has 0 saturated heterocycles. The van der Waals surface area contributed by atoms with E-state index in [4.69, 9.17) is 11.2 Å². The third-order valence-electron chi connectivity index (χ3n) is 3.58. The summed E-state index contributed by atoms with van der Waals surface area (Å²) in [5, 5.41) is 0. The van der Waals surface area contributed by atoms with Crippen LogP contribution >= 0.6 is 0 Å². The summed E-state index contributed by atoms with van der Waals surface area (Å²) in [6.45, 7) is 1.17. The third-order valence-corrected chi connectivity index (χ3v) is 4.98. The van der Waals surface area contributed by atoms with Crippen LogP contribution in [0, 0.1) is 18.2 Å². The molecule has 3 N–H and O–H groups in total. The standard InChI is InChI=1S/C19H18FN3O5S/c1-3-11-21-29(26,27)15-8-6-7-14(12-15)19(25)23-22-18(24)13(2)28-17-10-5-4-9-16(17)20/h1,4-10,12-13,21H,11H2,2H3,(H,22,24)(H,23,25). The van der Waals surface area contributed by atoms with Gasteiger partial charge in [-0.25, -0.2) is 12.8 Å². The molecule has 0 aliphatic rings. The Morgan fingerprint density at radius 3 is 2.59 bits per heavy atom. The number of sulfonamides is 1. The maximum absolute atomic E-state index is 13.6. The number of ether oxygens (including phenoxy) is 1. The number of halogens is 1. The second-order valence-electron chi connectivity index (χ2n) is 5.69. The molecule has 0 bridgehead atoms. The van der Waals surface area contributed by atoms with E-state index in [1.54, 1.807) is 6.07 Å². The van der Waals surface area contributed by atoms with Crippen LogP contribution in [-0.2, 0) is 14.8 Å². The van der Waals surface area contributed by atoms with Crippen molar-refractivity contribution < 1.29 is 27.1 Å². The minimum atomic E-state index is -3.88. The number of hydrogen-bond donors (Lipinski definition) is 3. The van der Waals surface area contributed by atoms with Gasteiger partial charge in [0, 0.05) is 5.56 Å². The highest BCUT2D eigenvalue weighted by atomic mass is 32.2. The first-order valence-corrected chi connectivity index (χ1v) is 9.77. The van der Waals surface area contributed by atoms with Crippen LogP contribution in [-0.4, -0.2) is 32.9 Å². The van der Waals surface area contributed by atoms with Crippen LogP contribution in [0.5, 0.6) is 5.75 Å². The topological polar surface area (TPSA) is 114 Å². The van der Waals surface area contributed by atoms with Crippen LogP contribution in [0.2, 0.25) is 0 Å². The zero-order valence-corrected chi connectivity index (χ0v) is 16.1. The van der Waals surface area contributed by atoms with E-state index in [1.807, 2.05) is 0 Å². The zero-order valence-electron chi connectivity index (χ0n) is 15.3. The molecule has 0 aromatic heterocycles. The lowest BCUT2D eigenvalue weighted by molar-refractivity contribution is -0.128. The van der Waals surface area contributed by atoms with Gasteiger partial charge >= 0.3 is 0 Å². The van der Waals surface area contributed by atoms with E-state index in [9.17, 15) is 22.4 Å². The number of hydrogen-bond acceptors (Lipinski definition) is 5. The Kier molecular flexibility index (Phi) is 7.30. The van der Waals surface area contributed by atoms with E-state index in [0.29, 0.717) is 0 Å². The summed E-state index contributed by atoms with van der Waals surface area (Å²) in [7, 11) is -3.88. The molecular formula is C19H18FN3O5S. The number of carbonyl (C=O) groups excluding carboxylic acids is 2. The minimum Gasteiger partial charge on any atom is -0.478 e. The van der Waals surface area contributed by atoms with Crippen molar-refractivity contribution in [1.29, 1.82) is 0 Å². The average molecular weight is 419 g/mol. The number of terminal acetylenes is 1. The lowest BCUT2D eigenvalue weighted by Crippen LogP contribution is -2.47. The van der Waals surface area contributed by atoms with E-state index in [1.165, 1.54) is 43.3 Å². The SMILES string of the molecule is C#CCNS(=O)(=O)c1cccc(C(=O)NNC(=O)C(C)Oc2ccccc2F)c1. The van der Waals surface area contributed by atoms with E-state index < -0.39 is 33.8 Å². The molecule has 2 aromatic rings. The molecular weight excluding hydrogens is 401 g/mol. The molecule has 2 amide bonds. The molecule has 0 aliphatic carbocycles. The Hall–Kier alpha value is -3.42. The molecule has 0 saturated carbocycles. The Morgan fingerprint density at radius 2 is 1.90 bits per heavy atom. The molecule has 0 radical (unpaired) electrons. The Morgan fingerprint density at radius 1 is 1.17 bits per heavy atom. The van der Waals surface area contributed by atoms with Gasteiger partial charge in [0.25, 0.3) is 11.8 Å². The van der Waals surface area contributed by atoms with Gasteiger partial charge in [0.2, 0.25) is 10.0 Å². The summed E-state index contributed by atoms with van der Waals surface area (Å²) >= 11 is 0. The predicted molar refractivity (Wildman–Crippen MR) is 103 cm³/mol. The van der Waals surface area contributed by atoms with Gasteiger partial charge in [-0.15, -0.1) is 6.42 Å². The van der Waals surface area contributed by atoms with E-state index in [-0.39, 0.29) is 22.8 Å². The first kappa shape index (κ1) is 21.9. The maximum atomic E-state index is 13.6. The van der Waals surface area contributed by atoms with Crippen LogP contribution in [0.4, 0.5) is 4.39 Å². The smallest absolute Gasteiger partial charge is 0.279 e. The van der Waals surface area contributed by atoms with Gasteiger partial charge in [-0.3, -0.25) is 20.4 Å². The van der Waals surface area contributed by atoms with Crippen molar-refractivity contribution in [3.63, 3.8) is 0 Å². The number of rotatable bonds is 7. The summed E-state index contributed by atoms with van der Waals surface area (Å²) in [5.74, 6) is -0.0953. The lowest BCUT2D eigenvalue weighted by Gasteiger charge is -2.15. The fourth-order valence-corrected chi connectivity index (χ4v) is 3.08. The predicted octanol–water partition coefficient (Wildman–Crippen LogP) is 0.966. The zero-order chi connectivity index (χ0) is 21.4. The molecule has 1 atom stereocenters. The number of benzene rings is 2. The summed E-state index contributed by atoms with van der Waals surface area (Å²) in [6.07, 6.45) is 3.92. The van der Waals surface area contributed by atoms with E-state index >= 15 is 0 Å². The molecule has 8 nitrogen and oxygen atoms in total. The minimum absolute atomic E-state index is 0.0171. The monoisotopic (exact) mass is 419 g/mol. The van der Waals surface area contributed by atoms with Crippen molar-refractivity contribution in [3.8, 4) is 18.1 Å². The second kappa shape index (κ2) is 9.68. The first-order chi connectivity index (χ1) is 13.7. The van der Waals surface area contributed by atoms with Gasteiger partial charge in [-0.1, -0.05) is 24.1 Å². The average Bonchev–Trinajstić information content (AvgIpc) is 2.72. The number of para-hydroxylation sites is 1. The van der Waals surface area contributed by atoms with Crippen molar-refractivity contribution >= 4 is 21.8 Å². The second-order valence-corrected chi connectivity index (χ2v) is 7.46. The van der Waals surface area contributed by atoms with Crippen LogP contribution in [0.25, 0.3) is 0 Å². The molecule has 0 aliphatic heterocycles. The summed E-state index contributed by atoms with van der Waals surface area (Å²) < 4.78 is 45.1. The molecule has 0 spiro atoms. The van der Waals surface area contributed by atoms with Crippen molar-refractivity contribution in [1.82, 2.24) is 15.6 Å². The first-order valence-electron chi connectivity index (χ1n) is 8.29. The third kappa shape index (κ3) is 6.03. The van der Waals surface area contributed by atoms with Crippen molar-refractivity contribution in [2.24, 2.45) is 0 Å². The van der Waals surface area contributed by atoms with Gasteiger partial charge in [0.15, 0.2) is 17.7 Å². The van der Waals surface area contributed by atoms with Gasteiger partial charge in [0.1, 0.15) is 0 Å². The molecule has 152 valence electrons. The van der Waals surface area contributed by atoms with Crippen molar-refractivity contribution in [2.75, 3.05) is 6.54 Å². The lowest BCUT2D eigenvalue weighted by atomic mass is 10.2. The van der Waals surface area contributed by atoms with Crippen LogP contribution in [0.1, 0.15) is 17.3 Å². The highest BCUT2D eigenvalue weighted by molar-refractivity contribution is 7.89. The fraction of sp³-hybridized carbons (Fsp3) is 0.158. The molecule has 1 unspecified atom stereocenters. The summed E-state index contributed by atoms with van der Waals surface area (Å²) in [6, 6.07) is 10.7. The molecule has 29 heavy (non-hydrogen) atoms. The van der Waals surface area contributed by atoms with Crippen molar-refractivity contribution in [3.05, 3.63) is 59.9 Å². The van der Waals surface area contributed by atoms with E-state index in [2.05, 4.69) is 21.5 Å². The summed E-state index contributed by atoms with van der Waals surface area (Å²) in [5.41, 5.74) is 4.26.